The van der Waals surface area contributed by atoms with E-state index in [2.05, 4.69) is 3.63 Å². The van der Waals surface area contributed by atoms with E-state index < -0.39 is 68.0 Å². The van der Waals surface area contributed by atoms with Gasteiger partial charge in [-0.3, -0.25) is 0 Å². The fourth-order valence-electron chi connectivity index (χ4n) is 1.09. The predicted molar refractivity (Wildman–Crippen MR) is 62.8 cm³/mol. The van der Waals surface area contributed by atoms with Crippen LogP contribution in [0, 0.1) is 0 Å². The number of rotatable bonds is 10. The van der Waals surface area contributed by atoms with Crippen LogP contribution in [0.15, 0.2) is 0 Å². The van der Waals surface area contributed by atoms with Crippen LogP contribution in [-0.2, 0) is 33.3 Å². The van der Waals surface area contributed by atoms with Crippen LogP contribution in [0.2, 0.25) is 0 Å². The first-order valence-corrected chi connectivity index (χ1v) is 9.39. The maximum absolute atomic E-state index is 13.2. The van der Waals surface area contributed by atoms with Crippen LogP contribution in [0.3, 0.4) is 0 Å². The largest absolute Gasteiger partial charge is 0.483 e. The first-order chi connectivity index (χ1) is 13.9. The maximum Gasteiger partial charge on any atom is 0.483 e. The molecule has 0 saturated carbocycles. The number of ether oxygens (including phenoxy) is 2. The highest BCUT2D eigenvalue weighted by Gasteiger charge is 2.69. The molecule has 0 heterocycles. The van der Waals surface area contributed by atoms with E-state index in [4.69, 9.17) is 0 Å². The van der Waals surface area contributed by atoms with Crippen molar-refractivity contribution in [2.75, 3.05) is 0 Å². The zero-order valence-electron chi connectivity index (χ0n) is 13.9. The molecule has 0 spiro atoms. The fourth-order valence-corrected chi connectivity index (χ4v) is 3.47. The minimum atomic E-state index is -7.64. The Labute approximate surface area is 169 Å². The van der Waals surface area contributed by atoms with Crippen molar-refractivity contribution in [3.63, 3.8) is 0 Å². The normalized spacial score (nSPS) is 17.7. The van der Waals surface area contributed by atoms with Crippen LogP contribution in [0.4, 0.5) is 70.2 Å². The summed E-state index contributed by atoms with van der Waals surface area (Å²) in [5.74, 6) is 0. The summed E-state index contributed by atoms with van der Waals surface area (Å²) in [5, 5.41) is 0. The molecule has 2 unspecified atom stereocenters. The minimum absolute atomic E-state index is 1.57. The van der Waals surface area contributed by atoms with Gasteiger partial charge in [0.25, 0.3) is 0 Å². The van der Waals surface area contributed by atoms with Gasteiger partial charge < -0.3 is 0 Å². The van der Waals surface area contributed by atoms with Gasteiger partial charge in [-0.2, -0.15) is 78.3 Å². The van der Waals surface area contributed by atoms with Crippen molar-refractivity contribution in [2.45, 2.75) is 47.8 Å². The molecule has 0 aromatic carbocycles. The van der Waals surface area contributed by atoms with Gasteiger partial charge in [0.1, 0.15) is 0 Å². The molecule has 0 aromatic rings. The van der Waals surface area contributed by atoms with Gasteiger partial charge in [-0.05, 0) is 0 Å². The lowest BCUT2D eigenvalue weighted by atomic mass is 10.6. The zero-order chi connectivity index (χ0) is 27.3. The third-order valence-electron chi connectivity index (χ3n) is 2.41. The Bertz CT molecular complexity index is 830. The van der Waals surface area contributed by atoms with Gasteiger partial charge in [-0.15, -0.1) is 3.63 Å². The molecule has 0 rings (SSSR count). The summed E-state index contributed by atoms with van der Waals surface area (Å²) in [7, 11) is -15.3. The van der Waals surface area contributed by atoms with Crippen molar-refractivity contribution in [2.24, 2.45) is 0 Å². The van der Waals surface area contributed by atoms with E-state index in [0.29, 0.717) is 0 Å². The van der Waals surface area contributed by atoms with Gasteiger partial charge in [0.2, 0.25) is 0 Å². The summed E-state index contributed by atoms with van der Waals surface area (Å²) in [4.78, 5) is 0. The zero-order valence-corrected chi connectivity index (χ0v) is 15.5. The number of halogens is 16. The van der Waals surface area contributed by atoms with Crippen LogP contribution in [0.1, 0.15) is 0 Å². The molecule has 33 heavy (non-hydrogen) atoms. The highest BCUT2D eigenvalue weighted by atomic mass is 32.3. The van der Waals surface area contributed by atoms with Gasteiger partial charge in [0.05, 0.1) is 0 Å². The molecule has 0 radical (unpaired) electrons. The van der Waals surface area contributed by atoms with Crippen molar-refractivity contribution in [3.05, 3.63) is 0 Å². The Hall–Kier alpha value is -1.34. The lowest BCUT2D eigenvalue weighted by Gasteiger charge is -2.27. The Morgan fingerprint density at radius 1 is 0.485 bits per heavy atom. The second-order valence-electron chi connectivity index (χ2n) is 5.04. The smallest absolute Gasteiger partial charge is 0.245 e. The monoisotopic (exact) mass is 578 g/mol. The molecule has 0 aliphatic carbocycles. The third kappa shape index (κ3) is 7.32. The molecular weight excluding hydrogens is 576 g/mol. The van der Waals surface area contributed by atoms with E-state index in [1.807, 2.05) is 0 Å². The van der Waals surface area contributed by atoms with Gasteiger partial charge in [0.15, 0.2) is 0 Å². The Kier molecular flexibility index (Phi) is 8.35. The Morgan fingerprint density at radius 3 is 0.879 bits per heavy atom. The molecule has 0 fully saturated rings. The van der Waals surface area contributed by atoms with Crippen LogP contribution in [0.25, 0.3) is 0 Å². The van der Waals surface area contributed by atoms with Crippen molar-refractivity contribution in [1.82, 2.24) is 0 Å². The molecule has 0 amide bonds. The second kappa shape index (κ2) is 8.71. The van der Waals surface area contributed by atoms with Crippen molar-refractivity contribution >= 4 is 20.2 Å². The van der Waals surface area contributed by atoms with Crippen molar-refractivity contribution < 1.29 is 100 Å². The summed E-state index contributed by atoms with van der Waals surface area (Å²) in [6.45, 7) is 0. The highest BCUT2D eigenvalue weighted by Crippen LogP contribution is 2.45. The van der Waals surface area contributed by atoms with Crippen molar-refractivity contribution in [3.8, 4) is 0 Å². The molecule has 0 bridgehead atoms. The predicted octanol–water partition coefficient (Wildman–Crippen LogP) is 3.78. The Morgan fingerprint density at radius 2 is 0.697 bits per heavy atom. The van der Waals surface area contributed by atoms with Gasteiger partial charge in [-0.1, -0.05) is 0 Å². The quantitative estimate of drug-likeness (QED) is 0.365. The molecule has 0 saturated heterocycles. The molecule has 0 aliphatic heterocycles. The van der Waals surface area contributed by atoms with Gasteiger partial charge >= 0.3 is 68.0 Å². The average Bonchev–Trinajstić information content (AvgIpc) is 2.48. The van der Waals surface area contributed by atoms with Gasteiger partial charge in [-0.25, -0.2) is 18.3 Å². The number of hydrogen-bond donors (Lipinski definition) is 0. The van der Waals surface area contributed by atoms with E-state index in [0.717, 1.165) is 0 Å². The van der Waals surface area contributed by atoms with Crippen LogP contribution in [0.5, 0.6) is 0 Å². The van der Waals surface area contributed by atoms with E-state index in [1.54, 1.807) is 9.47 Å². The number of hydrogen-bond acceptors (Lipinski definition) is 7. The third-order valence-corrected chi connectivity index (χ3v) is 5.49. The van der Waals surface area contributed by atoms with Gasteiger partial charge in [0, 0.05) is 0 Å². The Balaban J connectivity index is 5.91. The van der Waals surface area contributed by atoms with Crippen LogP contribution < -0.4 is 0 Å². The van der Waals surface area contributed by atoms with Crippen LogP contribution in [-0.4, -0.2) is 64.6 Å². The summed E-state index contributed by atoms with van der Waals surface area (Å²) in [6, 6.07) is 0. The molecule has 25 heteroatoms. The van der Waals surface area contributed by atoms with E-state index in [-0.39, 0.29) is 0 Å². The summed E-state index contributed by atoms with van der Waals surface area (Å²) in [6.07, 6.45) is -42.1. The van der Waals surface area contributed by atoms with E-state index in [1.165, 1.54) is 0 Å². The average molecular weight is 578 g/mol. The lowest BCUT2D eigenvalue weighted by Crippen LogP contribution is -2.52. The second-order valence-corrected chi connectivity index (χ2v) is 8.39. The molecule has 2 atom stereocenters. The summed E-state index contributed by atoms with van der Waals surface area (Å²) >= 11 is 0. The SMILES string of the molecule is O=S(=O)(OS(=O)(=O)C(F)C(F)(F)OC(F)(F)C(F)(F)F)C(F)C(F)(F)OC(F)(F)C(F)(F)F. The minimum Gasteiger partial charge on any atom is -0.245 e. The topological polar surface area (TPSA) is 96.0 Å². The number of alkyl halides is 16. The molecule has 200 valence electrons. The first-order valence-electron chi connectivity index (χ1n) is 6.45. The standard InChI is InChI=1S/C8H2F16O7S2/c9-1(3(11,12)29-7(21,22)5(15,16)17)32(25,26)31-33(27,28)2(10)4(13,14)30-8(23,24)6(18,19)20/h1-2H. The molecule has 0 aliphatic rings. The van der Waals surface area contributed by atoms with E-state index >= 15 is 0 Å². The molecule has 7 nitrogen and oxygen atoms in total. The maximum atomic E-state index is 13.2. The fraction of sp³-hybridized carbons (Fsp3) is 1.00. The first kappa shape index (κ1) is 31.7. The molecule has 0 N–H and O–H groups in total. The summed E-state index contributed by atoms with van der Waals surface area (Å²) < 4.78 is 248. The highest BCUT2D eigenvalue weighted by molar-refractivity contribution is 8.00. The molecule has 0 aromatic heterocycles. The van der Waals surface area contributed by atoms with Crippen LogP contribution >= 0.6 is 0 Å². The summed E-state index contributed by atoms with van der Waals surface area (Å²) in [5.41, 5.74) is -11.6. The molecular formula is C8H2F16O7S2. The van der Waals surface area contributed by atoms with E-state index in [9.17, 15) is 87.1 Å². The lowest BCUT2D eigenvalue weighted by molar-refractivity contribution is -0.460. The van der Waals surface area contributed by atoms with Crippen molar-refractivity contribution in [1.29, 1.82) is 0 Å².